The van der Waals surface area contributed by atoms with Crippen LogP contribution < -0.4 is 0 Å². The fourth-order valence-corrected chi connectivity index (χ4v) is 8.46. The van der Waals surface area contributed by atoms with Gasteiger partial charge in [-0.05, 0) is 87.5 Å². The third-order valence-electron chi connectivity index (χ3n) is 9.30. The smallest absolute Gasteiger partial charge is 0.184 e. The zero-order chi connectivity index (χ0) is 28.1. The molecule has 6 rings (SSSR count). The van der Waals surface area contributed by atoms with Crippen LogP contribution in [0.1, 0.15) is 105 Å². The van der Waals surface area contributed by atoms with Crippen molar-refractivity contribution >= 4 is 9.24 Å². The molecule has 0 radical (unpaired) electrons. The molecule has 0 saturated carbocycles. The SMILES string of the molecule is CCCC1(P)c2cc(C3OCCO3)ccc2-c2cc3c(cc21)-c1ccc(C(C#N)C#N)cc1C3(CCC)CCC. The monoisotopic (exact) mass is 548 g/mol. The molecule has 204 valence electrons. The number of hydrogen-bond acceptors (Lipinski definition) is 4. The highest BCUT2D eigenvalue weighted by molar-refractivity contribution is 7.19. The molecule has 0 bridgehead atoms. The molecular weight excluding hydrogens is 511 g/mol. The van der Waals surface area contributed by atoms with E-state index < -0.39 is 5.92 Å². The first-order valence-electron chi connectivity index (χ1n) is 14.8. The molecule has 4 nitrogen and oxygen atoms in total. The number of benzene rings is 3. The number of ether oxygens (including phenoxy) is 2. The van der Waals surface area contributed by atoms with Crippen LogP contribution in [-0.2, 0) is 20.0 Å². The van der Waals surface area contributed by atoms with Gasteiger partial charge in [0.2, 0.25) is 0 Å². The molecule has 40 heavy (non-hydrogen) atoms. The van der Waals surface area contributed by atoms with Gasteiger partial charge in [0.1, 0.15) is 0 Å². The van der Waals surface area contributed by atoms with Gasteiger partial charge in [0, 0.05) is 16.1 Å². The Morgan fingerprint density at radius 2 is 1.30 bits per heavy atom. The van der Waals surface area contributed by atoms with Crippen LogP contribution in [0.25, 0.3) is 22.3 Å². The second kappa shape index (κ2) is 10.4. The van der Waals surface area contributed by atoms with Crippen LogP contribution in [0.5, 0.6) is 0 Å². The highest BCUT2D eigenvalue weighted by atomic mass is 31.0. The minimum atomic E-state index is -0.752. The Labute approximate surface area is 240 Å². The normalized spacial score (nSPS) is 20.1. The Morgan fingerprint density at radius 3 is 1.95 bits per heavy atom. The number of nitrogens with zero attached hydrogens (tertiary/aromatic N) is 2. The van der Waals surface area contributed by atoms with Crippen molar-refractivity contribution in [1.29, 1.82) is 10.5 Å². The van der Waals surface area contributed by atoms with Crippen molar-refractivity contribution in [3.05, 3.63) is 81.9 Å². The summed E-state index contributed by atoms with van der Waals surface area (Å²) < 4.78 is 11.7. The van der Waals surface area contributed by atoms with Crippen molar-refractivity contribution in [2.24, 2.45) is 0 Å². The van der Waals surface area contributed by atoms with Gasteiger partial charge >= 0.3 is 0 Å². The van der Waals surface area contributed by atoms with Crippen molar-refractivity contribution in [2.75, 3.05) is 13.2 Å². The Hall–Kier alpha value is -3.01. The number of fused-ring (bicyclic) bond motifs is 6. The molecule has 1 saturated heterocycles. The van der Waals surface area contributed by atoms with E-state index in [0.29, 0.717) is 13.2 Å². The van der Waals surface area contributed by atoms with E-state index in [1.54, 1.807) is 0 Å². The molecule has 0 spiro atoms. The van der Waals surface area contributed by atoms with E-state index in [1.165, 1.54) is 44.5 Å². The maximum Gasteiger partial charge on any atom is 0.184 e. The lowest BCUT2D eigenvalue weighted by Crippen LogP contribution is -2.25. The molecular formula is C35H37N2O2P. The first kappa shape index (κ1) is 27.2. The molecule has 2 unspecified atom stereocenters. The minimum Gasteiger partial charge on any atom is -0.346 e. The second-order valence-corrected chi connectivity index (χ2v) is 12.6. The van der Waals surface area contributed by atoms with Crippen LogP contribution in [0.3, 0.4) is 0 Å². The molecule has 0 aromatic heterocycles. The van der Waals surface area contributed by atoms with Gasteiger partial charge in [0.05, 0.1) is 25.4 Å². The minimum absolute atomic E-state index is 0.128. The average molecular weight is 549 g/mol. The fourth-order valence-electron chi connectivity index (χ4n) is 7.69. The molecule has 1 fully saturated rings. The molecule has 5 heteroatoms. The van der Waals surface area contributed by atoms with Crippen molar-refractivity contribution in [2.45, 2.75) is 82.1 Å². The van der Waals surface area contributed by atoms with E-state index in [0.717, 1.165) is 49.7 Å². The molecule has 3 aromatic rings. The van der Waals surface area contributed by atoms with Gasteiger partial charge in [0.25, 0.3) is 0 Å². The van der Waals surface area contributed by atoms with Crippen LogP contribution in [0.15, 0.2) is 48.5 Å². The largest absolute Gasteiger partial charge is 0.346 e. The Balaban J connectivity index is 1.59. The van der Waals surface area contributed by atoms with Gasteiger partial charge in [-0.15, -0.1) is 9.24 Å². The van der Waals surface area contributed by atoms with Gasteiger partial charge in [-0.25, -0.2) is 0 Å². The third-order valence-corrected chi connectivity index (χ3v) is 10.2. The van der Waals surface area contributed by atoms with E-state index in [4.69, 9.17) is 9.47 Å². The van der Waals surface area contributed by atoms with Crippen molar-refractivity contribution < 1.29 is 9.47 Å². The zero-order valence-electron chi connectivity index (χ0n) is 23.7. The third kappa shape index (κ3) is 3.89. The van der Waals surface area contributed by atoms with Crippen molar-refractivity contribution in [1.82, 2.24) is 0 Å². The van der Waals surface area contributed by atoms with Crippen LogP contribution in [0.4, 0.5) is 0 Å². The van der Waals surface area contributed by atoms with Gasteiger partial charge in [0.15, 0.2) is 12.2 Å². The van der Waals surface area contributed by atoms with Gasteiger partial charge < -0.3 is 9.47 Å². The maximum atomic E-state index is 9.65. The summed E-state index contributed by atoms with van der Waals surface area (Å²) in [4.78, 5) is 0. The molecule has 2 atom stereocenters. The highest BCUT2D eigenvalue weighted by Gasteiger charge is 2.46. The Kier molecular flexibility index (Phi) is 7.09. The standard InChI is InChI=1S/C35H37N2O2P/c1-4-11-34(12-5-2)29-16-22(24(20-36)21-37)7-9-25(29)27-19-32-28(18-30(27)34)26-10-8-23(33-38-14-15-39-33)17-31(26)35(32,40)13-6-3/h7-10,16-19,24,33H,4-6,11-15,40H2,1-3H3. The number of nitriles is 2. The zero-order valence-corrected chi connectivity index (χ0v) is 24.9. The lowest BCUT2D eigenvalue weighted by molar-refractivity contribution is -0.0441. The Morgan fingerprint density at radius 1 is 0.750 bits per heavy atom. The summed E-state index contributed by atoms with van der Waals surface area (Å²) in [7, 11) is 3.24. The number of hydrogen-bond donors (Lipinski definition) is 0. The van der Waals surface area contributed by atoms with Crippen molar-refractivity contribution in [3.8, 4) is 34.4 Å². The molecule has 3 aliphatic rings. The van der Waals surface area contributed by atoms with Crippen molar-refractivity contribution in [3.63, 3.8) is 0 Å². The molecule has 1 heterocycles. The molecule has 0 N–H and O–H groups in total. The molecule has 2 aliphatic carbocycles. The summed E-state index contributed by atoms with van der Waals surface area (Å²) in [6, 6.07) is 22.4. The summed E-state index contributed by atoms with van der Waals surface area (Å²) >= 11 is 0. The number of rotatable bonds is 8. The first-order valence-corrected chi connectivity index (χ1v) is 15.3. The first-order chi connectivity index (χ1) is 19.4. The summed E-state index contributed by atoms with van der Waals surface area (Å²) in [6.07, 6.45) is 6.00. The van der Waals surface area contributed by atoms with E-state index >= 15 is 0 Å². The van der Waals surface area contributed by atoms with E-state index in [-0.39, 0.29) is 16.9 Å². The lowest BCUT2D eigenvalue weighted by Gasteiger charge is -2.33. The van der Waals surface area contributed by atoms with Gasteiger partial charge in [-0.3, -0.25) is 0 Å². The van der Waals surface area contributed by atoms with Crippen LogP contribution in [-0.4, -0.2) is 13.2 Å². The molecule has 3 aromatic carbocycles. The second-order valence-electron chi connectivity index (χ2n) is 11.6. The van der Waals surface area contributed by atoms with Gasteiger partial charge in [-0.2, -0.15) is 10.5 Å². The lowest BCUT2D eigenvalue weighted by atomic mass is 9.70. The summed E-state index contributed by atoms with van der Waals surface area (Å²) in [6.45, 7) is 8.06. The van der Waals surface area contributed by atoms with Crippen LogP contribution in [0.2, 0.25) is 0 Å². The summed E-state index contributed by atoms with van der Waals surface area (Å²) in [5.74, 6) is -0.752. The molecule has 0 amide bonds. The Bertz CT molecular complexity index is 1540. The fraction of sp³-hybridized carbons (Fsp3) is 0.429. The van der Waals surface area contributed by atoms with E-state index in [2.05, 4.69) is 84.6 Å². The van der Waals surface area contributed by atoms with Crippen LogP contribution in [0, 0.1) is 22.7 Å². The predicted molar refractivity (Wildman–Crippen MR) is 162 cm³/mol. The average Bonchev–Trinajstić information content (AvgIpc) is 3.65. The van der Waals surface area contributed by atoms with Gasteiger partial charge in [-0.1, -0.05) is 70.4 Å². The summed E-state index contributed by atoms with van der Waals surface area (Å²) in [5.41, 5.74) is 12.4. The maximum absolute atomic E-state index is 9.65. The molecule has 1 aliphatic heterocycles. The highest BCUT2D eigenvalue weighted by Crippen LogP contribution is 2.61. The van der Waals surface area contributed by atoms with Crippen LogP contribution >= 0.6 is 9.24 Å². The summed E-state index contributed by atoms with van der Waals surface area (Å²) in [5, 5.41) is 19.1. The topological polar surface area (TPSA) is 66.0 Å². The predicted octanol–water partition coefficient (Wildman–Crippen LogP) is 8.63. The quantitative estimate of drug-likeness (QED) is 0.264. The van der Waals surface area contributed by atoms with E-state index in [1.807, 2.05) is 6.07 Å². The van der Waals surface area contributed by atoms with E-state index in [9.17, 15) is 10.5 Å².